The second kappa shape index (κ2) is 11.4. The van der Waals surface area contributed by atoms with E-state index in [2.05, 4.69) is 36.2 Å². The molecule has 11 heteroatoms. The summed E-state index contributed by atoms with van der Waals surface area (Å²) in [6.07, 6.45) is 6.87. The maximum atomic E-state index is 13.4. The van der Waals surface area contributed by atoms with Gasteiger partial charge in [-0.05, 0) is 62.0 Å². The Balaban J connectivity index is 1.30. The normalized spacial score (nSPS) is 28.4. The lowest BCUT2D eigenvalue weighted by atomic mass is 9.43. The Morgan fingerprint density at radius 1 is 1.26 bits per heavy atom. The van der Waals surface area contributed by atoms with Crippen LogP contribution in [0, 0.1) is 17.3 Å². The third kappa shape index (κ3) is 5.87. The molecule has 4 aliphatic rings. The molecule has 3 saturated carbocycles. The number of hydrogen-bond acceptors (Lipinski definition) is 7. The van der Waals surface area contributed by atoms with Gasteiger partial charge in [-0.1, -0.05) is 50.6 Å². The summed E-state index contributed by atoms with van der Waals surface area (Å²) >= 11 is 0. The van der Waals surface area contributed by atoms with Crippen molar-refractivity contribution in [2.75, 3.05) is 12.8 Å². The summed E-state index contributed by atoms with van der Waals surface area (Å²) in [6.45, 7) is 7.51. The number of amides is 1. The van der Waals surface area contributed by atoms with Crippen LogP contribution in [-0.4, -0.2) is 62.4 Å². The van der Waals surface area contributed by atoms with Gasteiger partial charge < -0.3 is 20.4 Å². The van der Waals surface area contributed by atoms with Gasteiger partial charge in [0.25, 0.3) is 0 Å². The lowest BCUT2D eigenvalue weighted by Crippen LogP contribution is -2.65. The van der Waals surface area contributed by atoms with Gasteiger partial charge in [0, 0.05) is 23.5 Å². The van der Waals surface area contributed by atoms with Gasteiger partial charge in [0.2, 0.25) is 5.91 Å². The smallest absolute Gasteiger partial charge is 0.404 e. The number of carbonyl (C=O) groups excluding carboxylic acids is 1. The van der Waals surface area contributed by atoms with Crippen molar-refractivity contribution in [1.29, 1.82) is 0 Å². The molecule has 2 heterocycles. The molecular weight excluding hydrogens is 513 g/mol. The van der Waals surface area contributed by atoms with Crippen LogP contribution in [0.1, 0.15) is 70.1 Å². The third-order valence-electron chi connectivity index (χ3n) is 9.24. The predicted molar refractivity (Wildman–Crippen MR) is 152 cm³/mol. The van der Waals surface area contributed by atoms with Gasteiger partial charge in [0.1, 0.15) is 12.4 Å². The molecule has 4 fully saturated rings. The largest absolute Gasteiger partial charge is 0.481 e. The second-order valence-corrected chi connectivity index (χ2v) is 13.7. The van der Waals surface area contributed by atoms with Crippen LogP contribution < -0.4 is 11.1 Å². The predicted octanol–water partition coefficient (Wildman–Crippen LogP) is 2.63. The summed E-state index contributed by atoms with van der Waals surface area (Å²) in [5.41, 5.74) is 6.76. The SMILES string of the molecule is CS(=O)Cc1nc(Cc2ccccc2)n(CC(=O)N[C@@H](CCCCN)B2O[C@@H]3C[C@@H]4C[C@@H](C4(C)C)[C@]3(C)O2)n1. The summed E-state index contributed by atoms with van der Waals surface area (Å²) in [6, 6.07) is 9.95. The molecule has 2 aromatic rings. The Kier molecular flexibility index (Phi) is 8.34. The van der Waals surface area contributed by atoms with E-state index >= 15 is 0 Å². The fourth-order valence-corrected chi connectivity index (χ4v) is 7.44. The standard InChI is InChI=1S/C28H42BN5O4S/c1-27(2)20-15-21(27)28(3)22(16-20)37-29(38-28)23(12-8-9-13-30)31-26(35)17-34-25(14-19-10-6-5-7-11-19)32-24(33-34)18-39(4)36/h5-7,10-11,20-23H,8-9,12-18,30H2,1-4H3,(H,31,35)/t20-,21-,22+,23-,28-,39?/m0/s1. The molecule has 6 atom stereocenters. The first-order valence-electron chi connectivity index (χ1n) is 14.2. The lowest BCUT2D eigenvalue weighted by molar-refractivity contribution is -0.199. The maximum absolute atomic E-state index is 13.4. The second-order valence-electron chi connectivity index (χ2n) is 12.3. The first-order valence-corrected chi connectivity index (χ1v) is 15.9. The molecule has 6 rings (SSSR count). The van der Waals surface area contributed by atoms with Crippen molar-refractivity contribution in [3.8, 4) is 0 Å². The zero-order valence-corrected chi connectivity index (χ0v) is 24.4. The van der Waals surface area contributed by atoms with Crippen LogP contribution >= 0.6 is 0 Å². The lowest BCUT2D eigenvalue weighted by Gasteiger charge is -2.64. The van der Waals surface area contributed by atoms with Gasteiger partial charge in [0.15, 0.2) is 5.82 Å². The van der Waals surface area contributed by atoms with Crippen molar-refractivity contribution in [2.24, 2.45) is 23.0 Å². The van der Waals surface area contributed by atoms with Gasteiger partial charge in [-0.2, -0.15) is 5.10 Å². The molecule has 2 bridgehead atoms. The van der Waals surface area contributed by atoms with Gasteiger partial charge in [-0.3, -0.25) is 9.00 Å². The summed E-state index contributed by atoms with van der Waals surface area (Å²) in [4.78, 5) is 18.0. The van der Waals surface area contributed by atoms with E-state index in [1.807, 2.05) is 30.3 Å². The molecule has 1 unspecified atom stereocenters. The molecule has 9 nitrogen and oxygen atoms in total. The number of aromatic nitrogens is 3. The number of nitrogens with zero attached hydrogens (tertiary/aromatic N) is 3. The molecular formula is C28H42BN5O4S. The fourth-order valence-electron chi connectivity index (χ4n) is 6.95. The Hall–Kier alpha value is -2.08. The van der Waals surface area contributed by atoms with Crippen LogP contribution in [0.15, 0.2) is 30.3 Å². The number of carbonyl (C=O) groups is 1. The molecule has 0 radical (unpaired) electrons. The van der Waals surface area contributed by atoms with Gasteiger partial charge in [-0.25, -0.2) is 9.67 Å². The summed E-state index contributed by atoms with van der Waals surface area (Å²) in [7, 11) is -1.57. The monoisotopic (exact) mass is 555 g/mol. The van der Waals surface area contributed by atoms with E-state index < -0.39 is 17.9 Å². The molecule has 39 heavy (non-hydrogen) atoms. The van der Waals surface area contributed by atoms with E-state index in [4.69, 9.17) is 15.0 Å². The highest BCUT2D eigenvalue weighted by atomic mass is 32.2. The Bertz CT molecular complexity index is 1190. The van der Waals surface area contributed by atoms with Gasteiger partial charge >= 0.3 is 7.12 Å². The minimum atomic E-state index is -1.08. The van der Waals surface area contributed by atoms with Crippen molar-refractivity contribution in [3.63, 3.8) is 0 Å². The van der Waals surface area contributed by atoms with Crippen LogP contribution in [0.3, 0.4) is 0 Å². The highest BCUT2D eigenvalue weighted by Gasteiger charge is 2.68. The van der Waals surface area contributed by atoms with E-state index in [0.29, 0.717) is 36.5 Å². The van der Waals surface area contributed by atoms with Crippen molar-refractivity contribution in [1.82, 2.24) is 20.1 Å². The maximum Gasteiger partial charge on any atom is 0.481 e. The fraction of sp³-hybridized carbons (Fsp3) is 0.679. The van der Waals surface area contributed by atoms with E-state index in [9.17, 15) is 9.00 Å². The first kappa shape index (κ1) is 28.5. The first-order chi connectivity index (χ1) is 18.6. The quantitative estimate of drug-likeness (QED) is 0.305. The molecule has 1 aliphatic heterocycles. The minimum Gasteiger partial charge on any atom is -0.404 e. The molecule has 1 saturated heterocycles. The van der Waals surface area contributed by atoms with Crippen LogP contribution in [-0.2, 0) is 43.6 Å². The number of hydrogen-bond donors (Lipinski definition) is 2. The molecule has 1 aromatic carbocycles. The molecule has 3 N–H and O–H groups in total. The van der Waals surface area contributed by atoms with Gasteiger partial charge in [0.05, 0.1) is 23.4 Å². The summed E-state index contributed by atoms with van der Waals surface area (Å²) in [5.74, 6) is 2.07. The van der Waals surface area contributed by atoms with E-state index in [0.717, 1.165) is 31.2 Å². The molecule has 1 amide bonds. The highest BCUT2D eigenvalue weighted by Crippen LogP contribution is 2.65. The number of nitrogens with two attached hydrogens (primary N) is 1. The average Bonchev–Trinajstić information content (AvgIpc) is 3.42. The molecule has 212 valence electrons. The van der Waals surface area contributed by atoms with Crippen LogP contribution in [0.5, 0.6) is 0 Å². The molecule has 0 spiro atoms. The van der Waals surface area contributed by atoms with Crippen LogP contribution in [0.25, 0.3) is 0 Å². The van der Waals surface area contributed by atoms with Crippen molar-refractivity contribution < 1.29 is 18.3 Å². The number of nitrogens with one attached hydrogen (secondary N) is 1. The van der Waals surface area contributed by atoms with Crippen molar-refractivity contribution in [2.45, 2.75) is 89.2 Å². The van der Waals surface area contributed by atoms with Crippen LogP contribution in [0.4, 0.5) is 0 Å². The summed E-state index contributed by atoms with van der Waals surface area (Å²) in [5, 5.41) is 7.75. The van der Waals surface area contributed by atoms with Crippen LogP contribution in [0.2, 0.25) is 0 Å². The Morgan fingerprint density at radius 3 is 2.72 bits per heavy atom. The topological polar surface area (TPSA) is 121 Å². The van der Waals surface area contributed by atoms with Gasteiger partial charge in [-0.15, -0.1) is 0 Å². The zero-order chi connectivity index (χ0) is 27.8. The van der Waals surface area contributed by atoms with E-state index in [-0.39, 0.29) is 41.3 Å². The molecule has 1 aromatic heterocycles. The number of rotatable bonds is 12. The van der Waals surface area contributed by atoms with Crippen molar-refractivity contribution in [3.05, 3.63) is 47.5 Å². The average molecular weight is 556 g/mol. The number of unbranched alkanes of at least 4 members (excludes halogenated alkanes) is 1. The highest BCUT2D eigenvalue weighted by molar-refractivity contribution is 7.83. The van der Waals surface area contributed by atoms with E-state index in [1.165, 1.54) is 6.42 Å². The zero-order valence-electron chi connectivity index (χ0n) is 23.6. The summed E-state index contributed by atoms with van der Waals surface area (Å²) < 4.78 is 26.7. The van der Waals surface area contributed by atoms with Crippen molar-refractivity contribution >= 4 is 23.8 Å². The van der Waals surface area contributed by atoms with E-state index in [1.54, 1.807) is 10.9 Å². The Morgan fingerprint density at radius 2 is 2.03 bits per heavy atom. The Labute approximate surface area is 234 Å². The minimum absolute atomic E-state index is 0.0179. The molecule has 3 aliphatic carbocycles. The number of benzene rings is 1. The third-order valence-corrected chi connectivity index (χ3v) is 9.90.